The van der Waals surface area contributed by atoms with Crippen molar-refractivity contribution in [2.45, 2.75) is 105 Å². The molecule has 0 amide bonds. The predicted octanol–water partition coefficient (Wildman–Crippen LogP) is 10.4. The summed E-state index contributed by atoms with van der Waals surface area (Å²) in [5, 5.41) is 0. The van der Waals surface area contributed by atoms with Crippen LogP contribution in [0.5, 0.6) is 11.5 Å². The Kier molecular flexibility index (Phi) is 8.85. The van der Waals surface area contributed by atoms with Gasteiger partial charge in [-0.25, -0.2) is 0 Å². The number of benzene rings is 3. The topological polar surface area (TPSA) is 43.2 Å². The first-order chi connectivity index (χ1) is 19.2. The van der Waals surface area contributed by atoms with E-state index in [1.807, 2.05) is 36.7 Å². The molecule has 3 aromatic rings. The van der Waals surface area contributed by atoms with Crippen LogP contribution in [-0.2, 0) is 21.7 Å². The second kappa shape index (κ2) is 11.5. The minimum atomic E-state index is -2.78. The zero-order valence-electron chi connectivity index (χ0n) is 27.4. The van der Waals surface area contributed by atoms with Crippen molar-refractivity contribution in [2.75, 3.05) is 0 Å². The van der Waals surface area contributed by atoms with Gasteiger partial charge >= 0.3 is 13.9 Å². The van der Waals surface area contributed by atoms with Crippen molar-refractivity contribution in [1.29, 1.82) is 0 Å². The minimum absolute atomic E-state index is 0.0636. The third kappa shape index (κ3) is 7.31. The monoisotopic (exact) mass is 600 g/mol. The van der Waals surface area contributed by atoms with E-state index >= 15 is 0 Å². The lowest BCUT2D eigenvalue weighted by molar-refractivity contribution is 0.423. The second-order valence-electron chi connectivity index (χ2n) is 15.4. The smallest absolute Gasteiger partial charge is 0.599 e. The molecule has 0 unspecified atom stereocenters. The van der Waals surface area contributed by atoms with Gasteiger partial charge < -0.3 is 7.58 Å². The lowest BCUT2D eigenvalue weighted by Gasteiger charge is -2.31. The Morgan fingerprint density at radius 3 is 1.21 bits per heavy atom. The lowest BCUT2D eigenvalue weighted by atomic mass is 9.79. The fraction of sp³-hybridized carbons (Fsp3) is 0.444. The third-order valence-corrected chi connectivity index (χ3v) is 8.95. The lowest BCUT2D eigenvalue weighted by Crippen LogP contribution is -2.29. The van der Waals surface area contributed by atoms with Crippen molar-refractivity contribution in [2.24, 2.45) is 9.98 Å². The molecule has 4 rings (SSSR count). The first-order valence-electron chi connectivity index (χ1n) is 14.8. The average molecular weight is 601 g/mol. The van der Waals surface area contributed by atoms with Crippen LogP contribution in [-0.4, -0.2) is 26.3 Å². The van der Waals surface area contributed by atoms with Gasteiger partial charge in [-0.15, -0.1) is 0 Å². The van der Waals surface area contributed by atoms with Crippen LogP contribution in [0.4, 0.5) is 11.4 Å². The SMILES string of the molecule is CC(C)(C)c1cc2c(c(C(C)(C)C)c1)[O][Al]([Cl])[O]c1c(cc(C(C)(C)C)cc1C(C)(C)C)C=Nc1ccccc1N=C2. The fourth-order valence-electron chi connectivity index (χ4n) is 4.91. The highest BCUT2D eigenvalue weighted by Gasteiger charge is 2.38. The Hall–Kier alpha value is -2.58. The fourth-order valence-corrected chi connectivity index (χ4v) is 6.39. The van der Waals surface area contributed by atoms with Gasteiger partial charge in [-0.3, -0.25) is 9.98 Å². The summed E-state index contributed by atoms with van der Waals surface area (Å²) in [7, 11) is 7.11. The van der Waals surface area contributed by atoms with Crippen LogP contribution in [0, 0.1) is 0 Å². The van der Waals surface area contributed by atoms with Crippen LogP contribution in [0.3, 0.4) is 0 Å². The third-order valence-electron chi connectivity index (χ3n) is 7.57. The first kappa shape index (κ1) is 32.3. The van der Waals surface area contributed by atoms with Crippen molar-refractivity contribution in [3.05, 3.63) is 81.9 Å². The van der Waals surface area contributed by atoms with Gasteiger partial charge in [0.1, 0.15) is 0 Å². The van der Waals surface area contributed by atoms with Crippen LogP contribution in [0.15, 0.2) is 58.5 Å². The predicted molar refractivity (Wildman–Crippen MR) is 181 cm³/mol. The summed E-state index contributed by atoms with van der Waals surface area (Å²) in [6.07, 6.45) is 3.77. The number of para-hydroxylation sites is 2. The summed E-state index contributed by atoms with van der Waals surface area (Å²) < 4.78 is 13.4. The molecule has 42 heavy (non-hydrogen) atoms. The quantitative estimate of drug-likeness (QED) is 0.241. The molecule has 0 spiro atoms. The maximum atomic E-state index is 7.11. The van der Waals surface area contributed by atoms with Gasteiger partial charge in [0.05, 0.1) is 22.9 Å². The van der Waals surface area contributed by atoms with Crippen molar-refractivity contribution < 1.29 is 7.58 Å². The van der Waals surface area contributed by atoms with E-state index < -0.39 is 13.9 Å². The number of halogens is 1. The standard InChI is InChI=1S/C36H48N2O2.Al.ClH/c1-33(2,3)25-17-23(31(39)27(19-25)35(7,8)9)21-37-29-15-13-14-16-30(29)38-22-24-18-26(34(4,5)6)20-28(32(24)40)36(10,11)12;;/h13-22,39-40H,1-12H3;;1H/q;+3;/p-3. The molecular formula is C36H46AlClN2O2. The number of rotatable bonds is 0. The molecule has 1 heterocycles. The number of hydrogen-bond acceptors (Lipinski definition) is 4. The van der Waals surface area contributed by atoms with Crippen LogP contribution >= 0.6 is 10.0 Å². The summed E-state index contributed by atoms with van der Waals surface area (Å²) in [6.45, 7) is 26.5. The van der Waals surface area contributed by atoms with Crippen LogP contribution in [0.25, 0.3) is 0 Å². The molecule has 0 atom stereocenters. The molecule has 222 valence electrons. The van der Waals surface area contributed by atoms with E-state index in [1.54, 1.807) is 0 Å². The van der Waals surface area contributed by atoms with Gasteiger partial charge in [0.15, 0.2) is 0 Å². The van der Waals surface area contributed by atoms with Crippen LogP contribution in [0.1, 0.15) is 116 Å². The molecule has 0 saturated carbocycles. The minimum Gasteiger partial charge on any atom is -0.599 e. The zero-order valence-corrected chi connectivity index (χ0v) is 29.4. The zero-order chi connectivity index (χ0) is 31.3. The molecule has 1 aliphatic rings. The summed E-state index contributed by atoms with van der Waals surface area (Å²) >= 11 is -2.78. The van der Waals surface area contributed by atoms with Crippen molar-refractivity contribution in [3.8, 4) is 11.5 Å². The summed E-state index contributed by atoms with van der Waals surface area (Å²) in [4.78, 5) is 9.89. The molecule has 0 bridgehead atoms. The first-order valence-corrected chi connectivity index (χ1v) is 17.5. The molecule has 0 saturated heterocycles. The molecule has 0 N–H and O–H groups in total. The van der Waals surface area contributed by atoms with E-state index in [2.05, 4.69) is 107 Å². The van der Waals surface area contributed by atoms with Gasteiger partial charge in [-0.05, 0) is 68.2 Å². The number of hydrogen-bond donors (Lipinski definition) is 0. The Labute approximate surface area is 262 Å². The number of fused-ring (bicyclic) bond motifs is 3. The van der Waals surface area contributed by atoms with E-state index in [-0.39, 0.29) is 21.7 Å². The van der Waals surface area contributed by atoms with E-state index in [4.69, 9.17) is 27.6 Å². The summed E-state index contributed by atoms with van der Waals surface area (Å²) in [5.41, 5.74) is 7.38. The molecule has 0 radical (unpaired) electrons. The van der Waals surface area contributed by atoms with Gasteiger partial charge in [-0.2, -0.15) is 10.0 Å². The Balaban J connectivity index is 2.05. The maximum Gasteiger partial charge on any atom is 0.999 e. The largest absolute Gasteiger partial charge is 0.999 e. The number of nitrogens with zero attached hydrogens (tertiary/aromatic N) is 2. The van der Waals surface area contributed by atoms with Crippen LogP contribution in [0.2, 0.25) is 0 Å². The molecule has 4 nitrogen and oxygen atoms in total. The van der Waals surface area contributed by atoms with Crippen LogP contribution < -0.4 is 7.58 Å². The summed E-state index contributed by atoms with van der Waals surface area (Å²) in [6, 6.07) is 16.8. The van der Waals surface area contributed by atoms with Gasteiger partial charge in [0, 0.05) is 23.6 Å². The van der Waals surface area contributed by atoms with Crippen molar-refractivity contribution in [3.63, 3.8) is 0 Å². The van der Waals surface area contributed by atoms with E-state index in [1.165, 1.54) is 11.1 Å². The van der Waals surface area contributed by atoms with Crippen molar-refractivity contribution in [1.82, 2.24) is 0 Å². The van der Waals surface area contributed by atoms with Gasteiger partial charge in [0.25, 0.3) is 0 Å². The highest BCUT2D eigenvalue weighted by Crippen LogP contribution is 2.42. The summed E-state index contributed by atoms with van der Waals surface area (Å²) in [5.74, 6) is 1.46. The Morgan fingerprint density at radius 1 is 0.548 bits per heavy atom. The highest BCUT2D eigenvalue weighted by atomic mass is 35.6. The Bertz CT molecular complexity index is 1420. The number of aliphatic imine (C=N–C) groups is 2. The average Bonchev–Trinajstić information content (AvgIpc) is 2.85. The molecule has 0 aliphatic carbocycles. The molecule has 6 heteroatoms. The molecule has 3 aromatic carbocycles. The van der Waals surface area contributed by atoms with Gasteiger partial charge in [-0.1, -0.05) is 107 Å². The van der Waals surface area contributed by atoms with E-state index in [0.29, 0.717) is 0 Å². The normalized spacial score (nSPS) is 14.5. The molecule has 0 aromatic heterocycles. The highest BCUT2D eigenvalue weighted by molar-refractivity contribution is 7.00. The second-order valence-corrected chi connectivity index (χ2v) is 17.5. The maximum absolute atomic E-state index is 7.11. The molecular weight excluding hydrogens is 555 g/mol. The van der Waals surface area contributed by atoms with Crippen molar-refractivity contribution >= 4 is 47.7 Å². The van der Waals surface area contributed by atoms with E-state index in [9.17, 15) is 0 Å². The van der Waals surface area contributed by atoms with Gasteiger partial charge in [0.2, 0.25) is 0 Å². The molecule has 1 aliphatic heterocycles. The van der Waals surface area contributed by atoms with E-state index in [0.717, 1.165) is 45.1 Å². The Morgan fingerprint density at radius 2 is 0.905 bits per heavy atom. The molecule has 0 fully saturated rings.